The highest BCUT2D eigenvalue weighted by Crippen LogP contribution is 2.34. The van der Waals surface area contributed by atoms with Crippen LogP contribution in [-0.4, -0.2) is 19.6 Å². The second-order valence-electron chi connectivity index (χ2n) is 4.39. The van der Waals surface area contributed by atoms with Gasteiger partial charge in [-0.1, -0.05) is 17.8 Å². The van der Waals surface area contributed by atoms with Gasteiger partial charge in [-0.05, 0) is 43.3 Å². The summed E-state index contributed by atoms with van der Waals surface area (Å²) in [5, 5.41) is 2.78. The smallest absolute Gasteiger partial charge is 0.251 e. The first kappa shape index (κ1) is 15.3. The number of carbonyl (C=O) groups excluding carboxylic acids is 1. The third-order valence-electron chi connectivity index (χ3n) is 2.88. The van der Waals surface area contributed by atoms with Crippen LogP contribution in [0.5, 0.6) is 5.75 Å². The Bertz CT molecular complexity index is 644. The van der Waals surface area contributed by atoms with Crippen molar-refractivity contribution < 1.29 is 9.53 Å². The molecule has 2 aromatic rings. The summed E-state index contributed by atoms with van der Waals surface area (Å²) < 4.78 is 5.21. The summed E-state index contributed by atoms with van der Waals surface area (Å²) >= 11 is 1.51. The largest absolute Gasteiger partial charge is 0.497 e. The summed E-state index contributed by atoms with van der Waals surface area (Å²) in [6, 6.07) is 13.0. The van der Waals surface area contributed by atoms with Crippen molar-refractivity contribution in [3.05, 3.63) is 48.0 Å². The van der Waals surface area contributed by atoms with E-state index in [1.165, 1.54) is 11.8 Å². The number of benzene rings is 2. The molecule has 0 aliphatic rings. The average Bonchev–Trinajstić information content (AvgIpc) is 2.50. The van der Waals surface area contributed by atoms with Crippen LogP contribution in [-0.2, 0) is 0 Å². The van der Waals surface area contributed by atoms with Crippen LogP contribution in [0.15, 0.2) is 52.3 Å². The van der Waals surface area contributed by atoms with Gasteiger partial charge in [0, 0.05) is 27.6 Å². The van der Waals surface area contributed by atoms with E-state index in [0.717, 1.165) is 15.5 Å². The molecule has 0 bridgehead atoms. The third-order valence-corrected chi connectivity index (χ3v) is 3.95. The van der Waals surface area contributed by atoms with Gasteiger partial charge in [0.2, 0.25) is 0 Å². The first-order chi connectivity index (χ1) is 10.1. The van der Waals surface area contributed by atoms with Crippen LogP contribution >= 0.6 is 11.8 Å². The first-order valence-corrected chi connectivity index (χ1v) is 7.45. The van der Waals surface area contributed by atoms with Crippen molar-refractivity contribution in [3.8, 4) is 5.75 Å². The lowest BCUT2D eigenvalue weighted by atomic mass is 10.2. The molecule has 0 spiro atoms. The maximum absolute atomic E-state index is 11.9. The van der Waals surface area contributed by atoms with Gasteiger partial charge in [0.1, 0.15) is 5.75 Å². The Balaban J connectivity index is 2.26. The number of anilines is 1. The molecular formula is C16H18N2O2S. The number of nitrogen functional groups attached to an aromatic ring is 1. The number of carbonyl (C=O) groups is 1. The Hall–Kier alpha value is -2.14. The summed E-state index contributed by atoms with van der Waals surface area (Å²) in [7, 11) is 1.63. The predicted octanol–water partition coefficient (Wildman–Crippen LogP) is 3.18. The van der Waals surface area contributed by atoms with E-state index in [-0.39, 0.29) is 5.91 Å². The minimum absolute atomic E-state index is 0.0926. The predicted molar refractivity (Wildman–Crippen MR) is 86.0 cm³/mol. The zero-order valence-corrected chi connectivity index (χ0v) is 12.9. The van der Waals surface area contributed by atoms with Crippen molar-refractivity contribution in [3.63, 3.8) is 0 Å². The Kier molecular flexibility index (Phi) is 5.11. The van der Waals surface area contributed by atoms with E-state index in [1.54, 1.807) is 19.2 Å². The Labute approximate surface area is 128 Å². The van der Waals surface area contributed by atoms with Crippen LogP contribution in [0.2, 0.25) is 0 Å². The molecule has 1 amide bonds. The lowest BCUT2D eigenvalue weighted by Crippen LogP contribution is -2.22. The molecule has 0 radical (unpaired) electrons. The second-order valence-corrected chi connectivity index (χ2v) is 5.51. The number of hydrogen-bond acceptors (Lipinski definition) is 4. The lowest BCUT2D eigenvalue weighted by Gasteiger charge is -2.09. The molecule has 0 aliphatic heterocycles. The SMILES string of the molecule is CCNC(=O)c1ccc(N)c(Sc2cccc(OC)c2)c1. The van der Waals surface area contributed by atoms with Crippen molar-refractivity contribution in [1.82, 2.24) is 5.32 Å². The van der Waals surface area contributed by atoms with Gasteiger partial charge in [0.15, 0.2) is 0 Å². The molecule has 2 rings (SSSR count). The van der Waals surface area contributed by atoms with Gasteiger partial charge in [-0.25, -0.2) is 0 Å². The lowest BCUT2D eigenvalue weighted by molar-refractivity contribution is 0.0955. The number of ether oxygens (including phenoxy) is 1. The van der Waals surface area contributed by atoms with E-state index in [2.05, 4.69) is 5.32 Å². The van der Waals surface area contributed by atoms with Crippen LogP contribution in [0.25, 0.3) is 0 Å². The number of rotatable bonds is 5. The molecule has 4 nitrogen and oxygen atoms in total. The highest BCUT2D eigenvalue weighted by Gasteiger charge is 2.09. The average molecular weight is 302 g/mol. The zero-order valence-electron chi connectivity index (χ0n) is 12.1. The molecule has 0 aliphatic carbocycles. The summed E-state index contributed by atoms with van der Waals surface area (Å²) in [5.41, 5.74) is 7.25. The number of nitrogens with two attached hydrogens (primary N) is 1. The molecule has 0 saturated carbocycles. The van der Waals surface area contributed by atoms with E-state index in [1.807, 2.05) is 37.3 Å². The molecule has 0 aromatic heterocycles. The Morgan fingerprint density at radius 3 is 2.81 bits per heavy atom. The molecule has 0 saturated heterocycles. The minimum atomic E-state index is -0.0926. The van der Waals surface area contributed by atoms with Crippen molar-refractivity contribution in [2.24, 2.45) is 0 Å². The molecule has 5 heteroatoms. The maximum Gasteiger partial charge on any atom is 0.251 e. The Morgan fingerprint density at radius 2 is 2.10 bits per heavy atom. The minimum Gasteiger partial charge on any atom is -0.497 e. The highest BCUT2D eigenvalue weighted by molar-refractivity contribution is 7.99. The van der Waals surface area contributed by atoms with E-state index >= 15 is 0 Å². The van der Waals surface area contributed by atoms with E-state index in [0.29, 0.717) is 17.8 Å². The van der Waals surface area contributed by atoms with Gasteiger partial charge in [0.05, 0.1) is 7.11 Å². The molecule has 0 unspecified atom stereocenters. The molecule has 110 valence electrons. The van der Waals surface area contributed by atoms with Crippen molar-refractivity contribution >= 4 is 23.4 Å². The van der Waals surface area contributed by atoms with Gasteiger partial charge in [-0.3, -0.25) is 4.79 Å². The van der Waals surface area contributed by atoms with Crippen molar-refractivity contribution in [2.75, 3.05) is 19.4 Å². The molecule has 3 N–H and O–H groups in total. The topological polar surface area (TPSA) is 64.4 Å². The van der Waals surface area contributed by atoms with Gasteiger partial charge >= 0.3 is 0 Å². The first-order valence-electron chi connectivity index (χ1n) is 6.63. The third kappa shape index (κ3) is 3.92. The van der Waals surface area contributed by atoms with Crippen LogP contribution in [0.1, 0.15) is 17.3 Å². The van der Waals surface area contributed by atoms with E-state index in [4.69, 9.17) is 10.5 Å². The zero-order chi connectivity index (χ0) is 15.2. The molecule has 21 heavy (non-hydrogen) atoms. The quantitative estimate of drug-likeness (QED) is 0.833. The summed E-state index contributed by atoms with van der Waals surface area (Å²) in [4.78, 5) is 13.7. The van der Waals surface area contributed by atoms with E-state index < -0.39 is 0 Å². The van der Waals surface area contributed by atoms with Crippen molar-refractivity contribution in [1.29, 1.82) is 0 Å². The Morgan fingerprint density at radius 1 is 1.29 bits per heavy atom. The summed E-state index contributed by atoms with van der Waals surface area (Å²) in [6.45, 7) is 2.49. The van der Waals surface area contributed by atoms with Crippen LogP contribution in [0.4, 0.5) is 5.69 Å². The molecule has 0 atom stereocenters. The van der Waals surface area contributed by atoms with Crippen LogP contribution < -0.4 is 15.8 Å². The van der Waals surface area contributed by atoms with Gasteiger partial charge < -0.3 is 15.8 Å². The van der Waals surface area contributed by atoms with Gasteiger partial charge in [0.25, 0.3) is 5.91 Å². The summed E-state index contributed by atoms with van der Waals surface area (Å²) in [6.07, 6.45) is 0. The standard InChI is InChI=1S/C16H18N2O2S/c1-3-18-16(19)11-7-8-14(17)15(9-11)21-13-6-4-5-12(10-13)20-2/h4-10H,3,17H2,1-2H3,(H,18,19). The van der Waals surface area contributed by atoms with Gasteiger partial charge in [-0.15, -0.1) is 0 Å². The van der Waals surface area contributed by atoms with Gasteiger partial charge in [-0.2, -0.15) is 0 Å². The second kappa shape index (κ2) is 7.04. The number of methoxy groups -OCH3 is 1. The molecule has 0 fully saturated rings. The number of amides is 1. The van der Waals surface area contributed by atoms with Crippen molar-refractivity contribution in [2.45, 2.75) is 16.7 Å². The molecular weight excluding hydrogens is 284 g/mol. The summed E-state index contributed by atoms with van der Waals surface area (Å²) in [5.74, 6) is 0.698. The van der Waals surface area contributed by atoms with Crippen LogP contribution in [0, 0.1) is 0 Å². The normalized spacial score (nSPS) is 10.2. The fourth-order valence-electron chi connectivity index (χ4n) is 1.82. The number of nitrogens with one attached hydrogen (secondary N) is 1. The van der Waals surface area contributed by atoms with E-state index in [9.17, 15) is 4.79 Å². The fraction of sp³-hybridized carbons (Fsp3) is 0.188. The molecule has 2 aromatic carbocycles. The monoisotopic (exact) mass is 302 g/mol. The molecule has 0 heterocycles. The maximum atomic E-state index is 11.9. The fourth-order valence-corrected chi connectivity index (χ4v) is 2.77. The van der Waals surface area contributed by atoms with Crippen LogP contribution in [0.3, 0.4) is 0 Å². The number of hydrogen-bond donors (Lipinski definition) is 2. The highest BCUT2D eigenvalue weighted by atomic mass is 32.2.